The number of aliphatic hydroxyl groups is 1. The van der Waals surface area contributed by atoms with E-state index in [0.29, 0.717) is 0 Å². The quantitative estimate of drug-likeness (QED) is 0.698. The number of esters is 1. The Balaban J connectivity index is 2.42. The fraction of sp³-hybridized carbons (Fsp3) is 0.450. The average Bonchev–Trinajstić information content (AvgIpc) is 2.64. The predicted molar refractivity (Wildman–Crippen MR) is 107 cm³/mol. The summed E-state index contributed by atoms with van der Waals surface area (Å²) in [6.07, 6.45) is -0.378. The van der Waals surface area contributed by atoms with Crippen LogP contribution in [0.5, 0.6) is 0 Å². The molecule has 2 unspecified atom stereocenters. The molecule has 2 rings (SSSR count). The first-order valence-electron chi connectivity index (χ1n) is 9.09. The lowest BCUT2D eigenvalue weighted by Gasteiger charge is -2.41. The van der Waals surface area contributed by atoms with Crippen LogP contribution in [-0.4, -0.2) is 56.4 Å². The summed E-state index contributed by atoms with van der Waals surface area (Å²) in [6.45, 7) is 6.38. The molecule has 2 amide bonds. The fourth-order valence-corrected chi connectivity index (χ4v) is 3.54. The smallest absolute Gasteiger partial charge is 0.337 e. The van der Waals surface area contributed by atoms with Crippen molar-refractivity contribution in [2.45, 2.75) is 57.6 Å². The van der Waals surface area contributed by atoms with Gasteiger partial charge in [0.15, 0.2) is 6.10 Å². The lowest BCUT2D eigenvalue weighted by Crippen LogP contribution is -2.59. The van der Waals surface area contributed by atoms with Gasteiger partial charge in [0.05, 0.1) is 17.4 Å². The lowest BCUT2D eigenvalue weighted by molar-refractivity contribution is -0.176. The number of hydrogen-bond acceptors (Lipinski definition) is 6. The van der Waals surface area contributed by atoms with Gasteiger partial charge >= 0.3 is 5.97 Å². The van der Waals surface area contributed by atoms with Crippen molar-refractivity contribution in [3.63, 3.8) is 0 Å². The van der Waals surface area contributed by atoms with Crippen molar-refractivity contribution in [1.29, 1.82) is 0 Å². The van der Waals surface area contributed by atoms with E-state index in [1.807, 2.05) is 30.3 Å². The van der Waals surface area contributed by atoms with Gasteiger partial charge in [-0.15, -0.1) is 11.8 Å². The molecule has 0 bridgehead atoms. The molecular weight excluding hydrogens is 380 g/mol. The van der Waals surface area contributed by atoms with Crippen LogP contribution < -0.4 is 0 Å². The topological polar surface area (TPSA) is 87.2 Å². The second-order valence-corrected chi connectivity index (χ2v) is 8.05. The number of hydrazine groups is 1. The van der Waals surface area contributed by atoms with Crippen LogP contribution in [-0.2, 0) is 25.5 Å². The van der Waals surface area contributed by atoms with Crippen LogP contribution in [0.4, 0.5) is 0 Å². The molecule has 1 aliphatic heterocycles. The van der Waals surface area contributed by atoms with Gasteiger partial charge in [0.25, 0.3) is 5.91 Å². The summed E-state index contributed by atoms with van der Waals surface area (Å²) in [6, 6.07) is 8.16. The molecule has 152 valence electrons. The summed E-state index contributed by atoms with van der Waals surface area (Å²) < 4.78 is 5.14. The van der Waals surface area contributed by atoms with E-state index in [4.69, 9.17) is 4.74 Å². The Hall–Kier alpha value is -2.32. The summed E-state index contributed by atoms with van der Waals surface area (Å²) >= 11 is 1.33. The van der Waals surface area contributed by atoms with Gasteiger partial charge in [-0.05, 0) is 38.2 Å². The van der Waals surface area contributed by atoms with Gasteiger partial charge < -0.3 is 9.84 Å². The molecule has 0 radical (unpaired) electrons. The Morgan fingerprint density at radius 1 is 1.29 bits per heavy atom. The maximum atomic E-state index is 12.7. The maximum Gasteiger partial charge on any atom is 0.337 e. The first-order chi connectivity index (χ1) is 13.2. The van der Waals surface area contributed by atoms with Gasteiger partial charge in [-0.25, -0.2) is 14.8 Å². The summed E-state index contributed by atoms with van der Waals surface area (Å²) in [5, 5.41) is 14.4. The van der Waals surface area contributed by atoms with Crippen molar-refractivity contribution in [3.8, 4) is 0 Å². The molecule has 1 aromatic rings. The zero-order chi connectivity index (χ0) is 20.8. The lowest BCUT2D eigenvalue weighted by atomic mass is 10.00. The molecule has 1 aliphatic rings. The maximum absolute atomic E-state index is 12.7. The van der Waals surface area contributed by atoms with Gasteiger partial charge in [0, 0.05) is 13.1 Å². The van der Waals surface area contributed by atoms with Crippen molar-refractivity contribution < 1.29 is 24.2 Å². The summed E-state index contributed by atoms with van der Waals surface area (Å²) in [5.74, 6) is -1.60. The molecule has 3 atom stereocenters. The average molecular weight is 407 g/mol. The highest BCUT2D eigenvalue weighted by molar-refractivity contribution is 8.03. The number of hydrogen-bond donors (Lipinski definition) is 1. The molecule has 0 saturated carbocycles. The SMILES string of the molecule is CC(=O)N([C@@H](Cc1ccccc1)C(O)C(=O)OC(C)C)N1C=CSC(C)C1=O. The van der Waals surface area contributed by atoms with Gasteiger partial charge in [0.1, 0.15) is 0 Å². The van der Waals surface area contributed by atoms with E-state index in [1.165, 1.54) is 29.9 Å². The predicted octanol–water partition coefficient (Wildman–Crippen LogP) is 2.11. The van der Waals surface area contributed by atoms with Crippen LogP contribution in [0, 0.1) is 0 Å². The van der Waals surface area contributed by atoms with Crippen LogP contribution in [0.25, 0.3) is 0 Å². The molecule has 1 heterocycles. The minimum Gasteiger partial charge on any atom is -0.461 e. The number of rotatable bonds is 7. The minimum atomic E-state index is -1.61. The molecule has 8 heteroatoms. The first-order valence-corrected chi connectivity index (χ1v) is 10.0. The second-order valence-electron chi connectivity index (χ2n) is 6.80. The minimum absolute atomic E-state index is 0.175. The molecule has 1 aromatic carbocycles. The van der Waals surface area contributed by atoms with E-state index in [-0.39, 0.29) is 17.6 Å². The third-order valence-electron chi connectivity index (χ3n) is 4.17. The number of carbonyl (C=O) groups is 3. The third-order valence-corrected chi connectivity index (χ3v) is 5.06. The zero-order valence-corrected chi connectivity index (χ0v) is 17.3. The van der Waals surface area contributed by atoms with Gasteiger partial charge in [-0.3, -0.25) is 9.59 Å². The summed E-state index contributed by atoms with van der Waals surface area (Å²) in [7, 11) is 0. The number of benzene rings is 1. The third kappa shape index (κ3) is 5.36. The Labute approximate surface area is 169 Å². The Bertz CT molecular complexity index is 737. The number of thioether (sulfide) groups is 1. The van der Waals surface area contributed by atoms with Crippen molar-refractivity contribution in [1.82, 2.24) is 10.0 Å². The number of nitrogens with zero attached hydrogens (tertiary/aromatic N) is 2. The van der Waals surface area contributed by atoms with Crippen molar-refractivity contribution >= 4 is 29.5 Å². The molecule has 28 heavy (non-hydrogen) atoms. The molecule has 0 aliphatic carbocycles. The molecule has 0 spiro atoms. The van der Waals surface area contributed by atoms with Crippen LogP contribution in [0.3, 0.4) is 0 Å². The van der Waals surface area contributed by atoms with E-state index in [9.17, 15) is 19.5 Å². The number of ether oxygens (including phenoxy) is 1. The molecule has 0 fully saturated rings. The van der Waals surface area contributed by atoms with Crippen LogP contribution in [0.15, 0.2) is 41.9 Å². The van der Waals surface area contributed by atoms with Gasteiger partial charge in [0.2, 0.25) is 5.91 Å². The van der Waals surface area contributed by atoms with E-state index in [0.717, 1.165) is 10.6 Å². The molecule has 1 N–H and O–H groups in total. The van der Waals surface area contributed by atoms with Crippen molar-refractivity contribution in [2.75, 3.05) is 0 Å². The highest BCUT2D eigenvalue weighted by Gasteiger charge is 2.40. The Morgan fingerprint density at radius 3 is 2.50 bits per heavy atom. The summed E-state index contributed by atoms with van der Waals surface area (Å²) in [4.78, 5) is 37.6. The zero-order valence-electron chi connectivity index (χ0n) is 16.4. The number of amides is 2. The Kier molecular flexibility index (Phi) is 7.65. The van der Waals surface area contributed by atoms with E-state index in [1.54, 1.807) is 26.2 Å². The van der Waals surface area contributed by atoms with E-state index < -0.39 is 30.1 Å². The van der Waals surface area contributed by atoms with E-state index in [2.05, 4.69) is 0 Å². The number of aliphatic hydroxyl groups excluding tert-OH is 1. The molecule has 0 aromatic heterocycles. The van der Waals surface area contributed by atoms with Gasteiger partial charge in [-0.1, -0.05) is 30.3 Å². The van der Waals surface area contributed by atoms with Crippen LogP contribution >= 0.6 is 11.8 Å². The van der Waals surface area contributed by atoms with Crippen LogP contribution in [0.2, 0.25) is 0 Å². The largest absolute Gasteiger partial charge is 0.461 e. The number of carbonyl (C=O) groups excluding carboxylic acids is 3. The monoisotopic (exact) mass is 406 g/mol. The van der Waals surface area contributed by atoms with E-state index >= 15 is 0 Å². The second kappa shape index (κ2) is 9.75. The fourth-order valence-electron chi connectivity index (χ4n) is 2.90. The highest BCUT2D eigenvalue weighted by atomic mass is 32.2. The van der Waals surface area contributed by atoms with Crippen molar-refractivity contribution in [3.05, 3.63) is 47.5 Å². The highest BCUT2D eigenvalue weighted by Crippen LogP contribution is 2.25. The molecular formula is C20H26N2O5S. The van der Waals surface area contributed by atoms with Crippen LogP contribution in [0.1, 0.15) is 33.3 Å². The summed E-state index contributed by atoms with van der Waals surface area (Å²) in [5.41, 5.74) is 0.811. The normalized spacial score (nSPS) is 18.7. The Morgan fingerprint density at radius 2 is 1.93 bits per heavy atom. The molecule has 0 saturated heterocycles. The van der Waals surface area contributed by atoms with Gasteiger partial charge in [-0.2, -0.15) is 0 Å². The standard InChI is InChI=1S/C20H26N2O5S/c1-13(2)27-20(26)18(24)17(12-16-8-6-5-7-9-16)22(15(4)23)21-10-11-28-14(3)19(21)25/h5-11,13-14,17-18,24H,12H2,1-4H3/t14?,17-,18?/m0/s1. The van der Waals surface area contributed by atoms with Crippen molar-refractivity contribution in [2.24, 2.45) is 0 Å². The molecule has 7 nitrogen and oxygen atoms in total. The first kappa shape index (κ1) is 22.0.